The lowest BCUT2D eigenvalue weighted by molar-refractivity contribution is -0.153. The molecule has 0 aromatic rings. The van der Waals surface area contributed by atoms with E-state index in [4.69, 9.17) is 18.5 Å². The van der Waals surface area contributed by atoms with Crippen molar-refractivity contribution in [2.75, 3.05) is 21.3 Å². The Morgan fingerprint density at radius 3 is 2.19 bits per heavy atom. The highest BCUT2D eigenvalue weighted by Crippen LogP contribution is 2.53. The zero-order valence-electron chi connectivity index (χ0n) is 12.3. The van der Waals surface area contributed by atoms with Crippen LogP contribution in [0.15, 0.2) is 12.2 Å². The maximum atomic E-state index is 12.3. The molecule has 0 radical (unpaired) electrons. The molecule has 0 aromatic carbocycles. The van der Waals surface area contributed by atoms with E-state index in [0.29, 0.717) is 6.42 Å². The van der Waals surface area contributed by atoms with Crippen LogP contribution in [-0.4, -0.2) is 51.3 Å². The molecule has 9 heteroatoms. The largest absolute Gasteiger partial charge is 0.467 e. The van der Waals surface area contributed by atoms with Crippen LogP contribution in [0, 0.1) is 0 Å². The lowest BCUT2D eigenvalue weighted by Gasteiger charge is -2.24. The van der Waals surface area contributed by atoms with Gasteiger partial charge in [0.15, 0.2) is 0 Å². The molecular weight excluding hydrogens is 303 g/mol. The van der Waals surface area contributed by atoms with Crippen molar-refractivity contribution in [2.24, 2.45) is 0 Å². The van der Waals surface area contributed by atoms with Crippen molar-refractivity contribution in [3.8, 4) is 0 Å². The molecule has 1 aliphatic carbocycles. The zero-order valence-corrected chi connectivity index (χ0v) is 13.2. The summed E-state index contributed by atoms with van der Waals surface area (Å²) < 4.78 is 36.9. The molecule has 0 saturated carbocycles. The van der Waals surface area contributed by atoms with Gasteiger partial charge in [0.05, 0.1) is 13.2 Å². The van der Waals surface area contributed by atoms with Gasteiger partial charge in [-0.2, -0.15) is 0 Å². The lowest BCUT2D eigenvalue weighted by Crippen LogP contribution is -2.31. The molecule has 0 heterocycles. The van der Waals surface area contributed by atoms with Crippen molar-refractivity contribution in [3.05, 3.63) is 12.2 Å². The van der Waals surface area contributed by atoms with Crippen molar-refractivity contribution in [1.29, 1.82) is 0 Å². The van der Waals surface area contributed by atoms with Crippen molar-refractivity contribution in [3.63, 3.8) is 0 Å². The van der Waals surface area contributed by atoms with Crippen LogP contribution in [0.1, 0.15) is 13.3 Å². The summed E-state index contributed by atoms with van der Waals surface area (Å²) in [6, 6.07) is 0. The SMILES string of the molecule is COC(=O)C(O[C@H]1C=C[C@@H](OC(C)=O)C1)P(=O)(OC)OC. The number of hydrogen-bond acceptors (Lipinski definition) is 8. The third kappa shape index (κ3) is 4.64. The van der Waals surface area contributed by atoms with E-state index in [1.165, 1.54) is 6.92 Å². The van der Waals surface area contributed by atoms with E-state index in [1.54, 1.807) is 12.2 Å². The average Bonchev–Trinajstić information content (AvgIpc) is 2.89. The number of ether oxygens (including phenoxy) is 3. The number of rotatable bonds is 7. The Bertz CT molecular complexity index is 452. The molecule has 0 N–H and O–H groups in total. The second-order valence-electron chi connectivity index (χ2n) is 4.22. The summed E-state index contributed by atoms with van der Waals surface area (Å²) in [5.41, 5.74) is 0. The van der Waals surface area contributed by atoms with Crippen molar-refractivity contribution in [2.45, 2.75) is 31.4 Å². The first-order chi connectivity index (χ1) is 9.86. The molecule has 1 rings (SSSR count). The molecule has 0 fully saturated rings. The van der Waals surface area contributed by atoms with Gasteiger partial charge in [-0.05, 0) is 6.08 Å². The fraction of sp³-hybridized carbons (Fsp3) is 0.667. The molecule has 0 bridgehead atoms. The van der Waals surface area contributed by atoms with E-state index in [0.717, 1.165) is 21.3 Å². The van der Waals surface area contributed by atoms with Crippen molar-refractivity contribution >= 4 is 19.5 Å². The normalized spacial score (nSPS) is 22.9. The Balaban J connectivity index is 2.76. The number of carbonyl (C=O) groups excluding carboxylic acids is 2. The number of hydrogen-bond donors (Lipinski definition) is 0. The minimum Gasteiger partial charge on any atom is -0.467 e. The summed E-state index contributed by atoms with van der Waals surface area (Å²) in [5.74, 6) is -2.80. The molecule has 3 atom stereocenters. The Kier molecular flexibility index (Phi) is 6.54. The van der Waals surface area contributed by atoms with Crippen LogP contribution in [0.5, 0.6) is 0 Å². The van der Waals surface area contributed by atoms with Gasteiger partial charge in [-0.1, -0.05) is 6.08 Å². The van der Waals surface area contributed by atoms with Gasteiger partial charge in [0.2, 0.25) is 0 Å². The zero-order chi connectivity index (χ0) is 16.0. The third-order valence-corrected chi connectivity index (χ3v) is 4.75. The minimum absolute atomic E-state index is 0.306. The fourth-order valence-corrected chi connectivity index (χ4v) is 3.03. The van der Waals surface area contributed by atoms with E-state index < -0.39 is 37.6 Å². The van der Waals surface area contributed by atoms with Crippen molar-refractivity contribution < 1.29 is 37.4 Å². The molecule has 21 heavy (non-hydrogen) atoms. The average molecular weight is 322 g/mol. The minimum atomic E-state index is -3.80. The standard InChI is InChI=1S/C12H19O8P/c1-8(13)19-9-5-6-10(7-9)20-12(11(14)16-2)21(15,17-3)18-4/h5-6,9-10,12H,7H2,1-4H3/t9-,10+,12?/m1/s1. The van der Waals surface area contributed by atoms with Gasteiger partial charge >= 0.3 is 19.5 Å². The first-order valence-corrected chi connectivity index (χ1v) is 7.77. The van der Waals surface area contributed by atoms with Gasteiger partial charge in [0, 0.05) is 27.6 Å². The Morgan fingerprint density at radius 2 is 1.71 bits per heavy atom. The predicted molar refractivity (Wildman–Crippen MR) is 71.6 cm³/mol. The van der Waals surface area contributed by atoms with Gasteiger partial charge in [0.25, 0.3) is 5.85 Å². The molecule has 120 valence electrons. The molecule has 0 saturated heterocycles. The highest BCUT2D eigenvalue weighted by molar-refractivity contribution is 7.55. The van der Waals surface area contributed by atoms with Gasteiger partial charge in [0.1, 0.15) is 6.10 Å². The molecular formula is C12H19O8P. The monoisotopic (exact) mass is 322 g/mol. The van der Waals surface area contributed by atoms with Gasteiger partial charge in [-0.15, -0.1) is 0 Å². The highest BCUT2D eigenvalue weighted by atomic mass is 31.2. The van der Waals surface area contributed by atoms with Gasteiger partial charge in [-0.25, -0.2) is 4.79 Å². The summed E-state index contributed by atoms with van der Waals surface area (Å²) in [6.07, 6.45) is 2.53. The summed E-state index contributed by atoms with van der Waals surface area (Å²) in [4.78, 5) is 22.6. The van der Waals surface area contributed by atoms with Gasteiger partial charge < -0.3 is 23.3 Å². The second-order valence-corrected chi connectivity index (χ2v) is 6.50. The fourth-order valence-electron chi connectivity index (χ4n) is 1.83. The number of methoxy groups -OCH3 is 1. The van der Waals surface area contributed by atoms with Crippen molar-refractivity contribution in [1.82, 2.24) is 0 Å². The van der Waals surface area contributed by atoms with Crippen LogP contribution in [0.25, 0.3) is 0 Å². The predicted octanol–water partition coefficient (Wildman–Crippen LogP) is 1.25. The van der Waals surface area contributed by atoms with Crippen LogP contribution in [0.2, 0.25) is 0 Å². The van der Waals surface area contributed by atoms with E-state index in [9.17, 15) is 14.2 Å². The maximum absolute atomic E-state index is 12.3. The Morgan fingerprint density at radius 1 is 1.14 bits per heavy atom. The molecule has 0 amide bonds. The van der Waals surface area contributed by atoms with E-state index in [1.807, 2.05) is 0 Å². The summed E-state index contributed by atoms with van der Waals surface area (Å²) >= 11 is 0. The van der Waals surface area contributed by atoms with E-state index >= 15 is 0 Å². The smallest absolute Gasteiger partial charge is 0.370 e. The van der Waals surface area contributed by atoms with Crippen LogP contribution in [-0.2, 0) is 37.4 Å². The van der Waals surface area contributed by atoms with E-state index in [2.05, 4.69) is 4.74 Å². The second kappa shape index (κ2) is 7.70. The molecule has 0 spiro atoms. The molecule has 0 aliphatic heterocycles. The quantitative estimate of drug-likeness (QED) is 0.392. The topological polar surface area (TPSA) is 97.4 Å². The summed E-state index contributed by atoms with van der Waals surface area (Å²) in [6.45, 7) is 1.29. The lowest BCUT2D eigenvalue weighted by atomic mass is 10.3. The Hall–Kier alpha value is -1.21. The molecule has 8 nitrogen and oxygen atoms in total. The molecule has 0 aromatic heterocycles. The maximum Gasteiger partial charge on any atom is 0.370 e. The summed E-state index contributed by atoms with van der Waals surface area (Å²) in [5, 5.41) is 0. The highest BCUT2D eigenvalue weighted by Gasteiger charge is 2.44. The first kappa shape index (κ1) is 17.8. The van der Waals surface area contributed by atoms with Crippen LogP contribution < -0.4 is 0 Å². The summed E-state index contributed by atoms with van der Waals surface area (Å²) in [7, 11) is -0.366. The third-order valence-electron chi connectivity index (χ3n) is 2.83. The first-order valence-electron chi connectivity index (χ1n) is 6.16. The molecule has 1 unspecified atom stereocenters. The van der Waals surface area contributed by atoms with E-state index in [-0.39, 0.29) is 0 Å². The van der Waals surface area contributed by atoms with Crippen LogP contribution in [0.3, 0.4) is 0 Å². The number of carbonyl (C=O) groups is 2. The van der Waals surface area contributed by atoms with Crippen LogP contribution >= 0.6 is 7.60 Å². The van der Waals surface area contributed by atoms with Gasteiger partial charge in [-0.3, -0.25) is 9.36 Å². The Labute approximate surface area is 122 Å². The molecule has 1 aliphatic rings. The van der Waals surface area contributed by atoms with Crippen LogP contribution in [0.4, 0.5) is 0 Å². The number of esters is 2.